The van der Waals surface area contributed by atoms with Crippen molar-refractivity contribution in [1.29, 1.82) is 0 Å². The summed E-state index contributed by atoms with van der Waals surface area (Å²) >= 11 is 1.48. The smallest absolute Gasteiger partial charge is 0.343 e. The van der Waals surface area contributed by atoms with Gasteiger partial charge in [0.25, 0.3) is 5.56 Å². The van der Waals surface area contributed by atoms with Crippen LogP contribution in [0, 0.1) is 12.7 Å². The normalized spacial score (nSPS) is 21.3. The number of amides is 1. The highest BCUT2D eigenvalue weighted by molar-refractivity contribution is 7.99. The molecule has 5 heterocycles. The molecule has 3 aliphatic heterocycles. The molecule has 192 valence electrons. The molecule has 0 aliphatic carbocycles. The number of aromatic nitrogens is 2. The van der Waals surface area contributed by atoms with Crippen LogP contribution >= 0.6 is 11.8 Å². The van der Waals surface area contributed by atoms with E-state index in [0.29, 0.717) is 28.2 Å². The number of carbonyl (C=O) groups is 2. The molecule has 2 aromatic heterocycles. The van der Waals surface area contributed by atoms with Crippen molar-refractivity contribution in [3.05, 3.63) is 56.1 Å². The highest BCUT2D eigenvalue weighted by atomic mass is 32.2. The van der Waals surface area contributed by atoms with Crippen molar-refractivity contribution in [2.24, 2.45) is 0 Å². The van der Waals surface area contributed by atoms with Crippen molar-refractivity contribution in [2.45, 2.75) is 50.0 Å². The van der Waals surface area contributed by atoms with Gasteiger partial charge in [0.05, 0.1) is 41.6 Å². The number of cyclic esters (lactones) is 1. The minimum atomic E-state index is -1.94. The number of rotatable bonds is 4. The molecular formula is C26H25FN4O5S. The fourth-order valence-electron chi connectivity index (χ4n) is 5.65. The number of thioether (sulfide) groups is 1. The second-order valence-electron chi connectivity index (χ2n) is 9.62. The highest BCUT2D eigenvalue weighted by Crippen LogP contribution is 2.48. The van der Waals surface area contributed by atoms with Crippen molar-refractivity contribution in [1.82, 2.24) is 20.2 Å². The van der Waals surface area contributed by atoms with Gasteiger partial charge in [-0.1, -0.05) is 6.92 Å². The van der Waals surface area contributed by atoms with E-state index in [2.05, 4.69) is 10.6 Å². The second kappa shape index (κ2) is 8.37. The summed E-state index contributed by atoms with van der Waals surface area (Å²) in [6.07, 6.45) is 0.0373. The van der Waals surface area contributed by atoms with E-state index in [4.69, 9.17) is 9.72 Å². The number of pyridine rings is 2. The van der Waals surface area contributed by atoms with Crippen LogP contribution in [0.5, 0.6) is 0 Å². The monoisotopic (exact) mass is 524 g/mol. The number of aliphatic hydroxyl groups is 1. The lowest BCUT2D eigenvalue weighted by atomic mass is 9.86. The number of hydrogen-bond donors (Lipinski definition) is 3. The lowest BCUT2D eigenvalue weighted by molar-refractivity contribution is -0.172. The Balaban J connectivity index is 1.63. The summed E-state index contributed by atoms with van der Waals surface area (Å²) in [4.78, 5) is 44.2. The third-order valence-corrected chi connectivity index (χ3v) is 8.87. The first-order valence-corrected chi connectivity index (χ1v) is 13.1. The Morgan fingerprint density at radius 1 is 1.35 bits per heavy atom. The molecule has 3 aliphatic rings. The van der Waals surface area contributed by atoms with Crippen molar-refractivity contribution in [3.8, 4) is 11.4 Å². The van der Waals surface area contributed by atoms with Gasteiger partial charge < -0.3 is 25.0 Å². The van der Waals surface area contributed by atoms with Crippen molar-refractivity contribution in [2.75, 3.05) is 19.3 Å². The van der Waals surface area contributed by atoms with Gasteiger partial charge in [0, 0.05) is 33.2 Å². The quantitative estimate of drug-likeness (QED) is 0.347. The van der Waals surface area contributed by atoms with Crippen LogP contribution in [0.15, 0.2) is 21.8 Å². The average Bonchev–Trinajstić information content (AvgIpc) is 3.24. The predicted octanol–water partition coefficient (Wildman–Crippen LogP) is 2.01. The molecule has 1 aromatic carbocycles. The van der Waals surface area contributed by atoms with Crippen LogP contribution in [0.4, 0.5) is 4.39 Å². The summed E-state index contributed by atoms with van der Waals surface area (Å²) in [5, 5.41) is 17.8. The largest absolute Gasteiger partial charge is 0.458 e. The standard InChI is InChI=1S/C26H25FN4O5S/c1-4-26(35)14-5-18-22-12(8-31(18)24(33)13(14)9-36-25(26)34)20-17(29-19(32)7-28-3)10-37-23-11(2)15(27)6-16(30-22)21(20)23/h5-6,17,28,35H,4,7-10H2,1-3H3,(H,29,32)/t17-,26-/m0/s1. The number of fused-ring (bicyclic) bond motifs is 5. The van der Waals surface area contributed by atoms with E-state index in [1.54, 1.807) is 31.5 Å². The maximum Gasteiger partial charge on any atom is 0.343 e. The van der Waals surface area contributed by atoms with Crippen LogP contribution in [0.3, 0.4) is 0 Å². The zero-order valence-corrected chi connectivity index (χ0v) is 21.3. The minimum absolute atomic E-state index is 0.0373. The van der Waals surface area contributed by atoms with Crippen molar-refractivity contribution >= 4 is 34.5 Å². The Morgan fingerprint density at radius 3 is 2.86 bits per heavy atom. The number of esters is 1. The Labute approximate surface area is 215 Å². The number of halogens is 1. The van der Waals surface area contributed by atoms with Crippen LogP contribution < -0.4 is 16.2 Å². The van der Waals surface area contributed by atoms with E-state index < -0.39 is 11.6 Å². The minimum Gasteiger partial charge on any atom is -0.458 e. The van der Waals surface area contributed by atoms with Crippen LogP contribution in [-0.4, -0.2) is 45.9 Å². The van der Waals surface area contributed by atoms with E-state index in [0.717, 1.165) is 21.4 Å². The van der Waals surface area contributed by atoms with Gasteiger partial charge in [-0.15, -0.1) is 11.8 Å². The molecule has 0 bridgehead atoms. The molecular weight excluding hydrogens is 499 g/mol. The predicted molar refractivity (Wildman–Crippen MR) is 135 cm³/mol. The van der Waals surface area contributed by atoms with Crippen LogP contribution in [0.25, 0.3) is 22.3 Å². The van der Waals surface area contributed by atoms with E-state index in [9.17, 15) is 23.9 Å². The molecule has 37 heavy (non-hydrogen) atoms. The van der Waals surface area contributed by atoms with Crippen LogP contribution in [-0.2, 0) is 33.1 Å². The maximum absolute atomic E-state index is 14.9. The first-order valence-electron chi connectivity index (χ1n) is 12.1. The molecule has 0 unspecified atom stereocenters. The van der Waals surface area contributed by atoms with Crippen LogP contribution in [0.2, 0.25) is 0 Å². The molecule has 11 heteroatoms. The van der Waals surface area contributed by atoms with Crippen molar-refractivity contribution < 1.29 is 23.8 Å². The van der Waals surface area contributed by atoms with Gasteiger partial charge in [-0.05, 0) is 37.6 Å². The number of likely N-dealkylation sites (N-methyl/N-ethyl adjacent to an activating group) is 1. The number of benzene rings is 1. The summed E-state index contributed by atoms with van der Waals surface area (Å²) in [5.41, 5.74) is 1.60. The van der Waals surface area contributed by atoms with Gasteiger partial charge in [0.2, 0.25) is 5.91 Å². The first kappa shape index (κ1) is 24.1. The number of hydrogen-bond acceptors (Lipinski definition) is 8. The SMILES string of the molecule is CC[C@@]1(O)C(=O)OCc2c1cc1n(c2=O)Cc2c-1nc1cc(F)c(C)c3c1c2[C@@H](NC(=O)CNC)CS3. The van der Waals surface area contributed by atoms with Gasteiger partial charge in [0.1, 0.15) is 12.4 Å². The molecule has 3 aromatic rings. The molecule has 3 N–H and O–H groups in total. The molecule has 0 saturated heterocycles. The Bertz CT molecular complexity index is 1600. The topological polar surface area (TPSA) is 123 Å². The van der Waals surface area contributed by atoms with Gasteiger partial charge in [-0.2, -0.15) is 0 Å². The molecule has 0 fully saturated rings. The lowest BCUT2D eigenvalue weighted by Crippen LogP contribution is -2.44. The summed E-state index contributed by atoms with van der Waals surface area (Å²) in [6, 6.07) is 2.64. The number of nitrogens with one attached hydrogen (secondary N) is 2. The third kappa shape index (κ3) is 3.30. The molecule has 0 radical (unpaired) electrons. The maximum atomic E-state index is 14.9. The summed E-state index contributed by atoms with van der Waals surface area (Å²) < 4.78 is 21.6. The Morgan fingerprint density at radius 2 is 2.14 bits per heavy atom. The van der Waals surface area contributed by atoms with Crippen molar-refractivity contribution in [3.63, 3.8) is 0 Å². The van der Waals surface area contributed by atoms with E-state index in [1.165, 1.54) is 17.8 Å². The molecule has 1 amide bonds. The van der Waals surface area contributed by atoms with Gasteiger partial charge >= 0.3 is 5.97 Å². The Hall–Kier alpha value is -3.28. The number of nitrogens with zero attached hydrogens (tertiary/aromatic N) is 2. The molecule has 0 spiro atoms. The van der Waals surface area contributed by atoms with E-state index in [1.807, 2.05) is 0 Å². The van der Waals surface area contributed by atoms with Gasteiger partial charge in [-0.25, -0.2) is 14.2 Å². The Kier molecular flexibility index (Phi) is 5.45. The van der Waals surface area contributed by atoms with Gasteiger partial charge in [-0.3, -0.25) is 9.59 Å². The number of carbonyl (C=O) groups excluding carboxylic acids is 2. The summed E-state index contributed by atoms with van der Waals surface area (Å²) in [6.45, 7) is 3.50. The highest BCUT2D eigenvalue weighted by Gasteiger charge is 2.46. The zero-order valence-electron chi connectivity index (χ0n) is 20.5. The average molecular weight is 525 g/mol. The first-order chi connectivity index (χ1) is 17.7. The zero-order chi connectivity index (χ0) is 26.2. The second-order valence-corrected chi connectivity index (χ2v) is 10.7. The third-order valence-electron chi connectivity index (χ3n) is 7.58. The summed E-state index contributed by atoms with van der Waals surface area (Å²) in [5.74, 6) is -0.855. The molecule has 0 saturated carbocycles. The van der Waals surface area contributed by atoms with E-state index >= 15 is 0 Å². The number of ether oxygens (including phenoxy) is 1. The van der Waals surface area contributed by atoms with Crippen LogP contribution in [0.1, 0.15) is 47.2 Å². The lowest BCUT2D eigenvalue weighted by Gasteiger charge is -2.31. The molecule has 9 nitrogen and oxygen atoms in total. The van der Waals surface area contributed by atoms with E-state index in [-0.39, 0.29) is 60.6 Å². The molecule has 2 atom stereocenters. The van der Waals surface area contributed by atoms with Gasteiger partial charge in [0.15, 0.2) is 5.60 Å². The fraction of sp³-hybridized carbons (Fsp3) is 0.385. The summed E-state index contributed by atoms with van der Waals surface area (Å²) in [7, 11) is 1.69. The fourth-order valence-corrected chi connectivity index (χ4v) is 6.90. The molecule has 6 rings (SSSR count).